The Hall–Kier alpha value is -1.81. The summed E-state index contributed by atoms with van der Waals surface area (Å²) in [6.07, 6.45) is 3.08. The molecule has 3 rings (SSSR count). The van der Waals surface area contributed by atoms with E-state index in [-0.39, 0.29) is 11.9 Å². The zero-order valence-electron chi connectivity index (χ0n) is 14.5. The molecule has 1 saturated heterocycles. The van der Waals surface area contributed by atoms with Gasteiger partial charge in [0.1, 0.15) is 0 Å². The second-order valence-corrected chi connectivity index (χ2v) is 7.86. The maximum atomic E-state index is 12.1. The number of nitrogens with one attached hydrogen (secondary N) is 1. The molecule has 1 N–H and O–H groups in total. The van der Waals surface area contributed by atoms with Crippen LogP contribution in [0.1, 0.15) is 43.2 Å². The molecule has 0 saturated carbocycles. The third-order valence-corrected chi connectivity index (χ3v) is 5.58. The minimum absolute atomic E-state index is 0.0341. The molecule has 1 aliphatic rings. The third-order valence-electron chi connectivity index (χ3n) is 4.71. The van der Waals surface area contributed by atoms with Gasteiger partial charge in [-0.15, -0.1) is 11.3 Å². The highest BCUT2D eigenvalue weighted by molar-refractivity contribution is 7.10. The number of rotatable bonds is 5. The fraction of sp³-hybridized carbons (Fsp3) is 0.450. The van der Waals surface area contributed by atoms with Crippen LogP contribution in [0, 0.1) is 5.92 Å². The van der Waals surface area contributed by atoms with Crippen LogP contribution < -0.4 is 10.2 Å². The zero-order chi connectivity index (χ0) is 16.9. The van der Waals surface area contributed by atoms with Gasteiger partial charge in [0.25, 0.3) is 0 Å². The molecule has 0 unspecified atom stereocenters. The maximum absolute atomic E-state index is 12.1. The van der Waals surface area contributed by atoms with Crippen molar-refractivity contribution in [3.8, 4) is 0 Å². The van der Waals surface area contributed by atoms with Gasteiger partial charge in [0.05, 0.1) is 12.5 Å². The molecule has 0 radical (unpaired) electrons. The molecule has 24 heavy (non-hydrogen) atoms. The summed E-state index contributed by atoms with van der Waals surface area (Å²) in [6, 6.07) is 12.7. The van der Waals surface area contributed by atoms with Gasteiger partial charge in [-0.3, -0.25) is 4.79 Å². The number of anilines is 1. The SMILES string of the molecule is C[C@H]1CCCN(c2ccc([C@@H](C)NC(=O)Cc3cccs3)cc2)C1. The monoisotopic (exact) mass is 342 g/mol. The van der Waals surface area contributed by atoms with Crippen LogP contribution in [0.5, 0.6) is 0 Å². The van der Waals surface area contributed by atoms with E-state index in [0.29, 0.717) is 6.42 Å². The Balaban J connectivity index is 1.57. The summed E-state index contributed by atoms with van der Waals surface area (Å²) in [6.45, 7) is 6.67. The van der Waals surface area contributed by atoms with Crippen molar-refractivity contribution in [2.24, 2.45) is 5.92 Å². The van der Waals surface area contributed by atoms with Crippen LogP contribution in [0.25, 0.3) is 0 Å². The smallest absolute Gasteiger partial charge is 0.225 e. The standard InChI is InChI=1S/C20H26N2OS/c1-15-5-3-11-22(14-15)18-9-7-17(8-10-18)16(2)21-20(23)13-19-6-4-12-24-19/h4,6-10,12,15-16H,3,5,11,13-14H2,1-2H3,(H,21,23)/t15-,16+/m0/s1. The summed E-state index contributed by atoms with van der Waals surface area (Å²) in [5.41, 5.74) is 2.45. The number of amides is 1. The summed E-state index contributed by atoms with van der Waals surface area (Å²) in [5.74, 6) is 0.854. The molecule has 1 amide bonds. The summed E-state index contributed by atoms with van der Waals surface area (Å²) in [7, 11) is 0. The predicted molar refractivity (Wildman–Crippen MR) is 102 cm³/mol. The van der Waals surface area contributed by atoms with E-state index in [0.717, 1.165) is 29.4 Å². The number of carbonyl (C=O) groups is 1. The van der Waals surface area contributed by atoms with Crippen molar-refractivity contribution < 1.29 is 4.79 Å². The number of thiophene rings is 1. The first kappa shape index (κ1) is 17.0. The topological polar surface area (TPSA) is 32.3 Å². The summed E-state index contributed by atoms with van der Waals surface area (Å²) >= 11 is 1.63. The fourth-order valence-corrected chi connectivity index (χ4v) is 4.05. The van der Waals surface area contributed by atoms with Gasteiger partial charge in [-0.2, -0.15) is 0 Å². The van der Waals surface area contributed by atoms with Crippen LogP contribution in [0.2, 0.25) is 0 Å². The van der Waals surface area contributed by atoms with E-state index < -0.39 is 0 Å². The van der Waals surface area contributed by atoms with Crippen LogP contribution in [0.15, 0.2) is 41.8 Å². The third kappa shape index (κ3) is 4.38. The van der Waals surface area contributed by atoms with E-state index in [2.05, 4.69) is 41.4 Å². The second-order valence-electron chi connectivity index (χ2n) is 6.83. The Morgan fingerprint density at radius 2 is 2.12 bits per heavy atom. The van der Waals surface area contributed by atoms with Crippen molar-refractivity contribution in [1.82, 2.24) is 5.32 Å². The normalized spacial score (nSPS) is 19.1. The molecular weight excluding hydrogens is 316 g/mol. The number of hydrogen-bond donors (Lipinski definition) is 1. The minimum atomic E-state index is 0.0341. The highest BCUT2D eigenvalue weighted by Crippen LogP contribution is 2.24. The van der Waals surface area contributed by atoms with Gasteiger partial charge in [0.2, 0.25) is 5.91 Å². The van der Waals surface area contributed by atoms with Crippen molar-refractivity contribution >= 4 is 22.9 Å². The number of hydrogen-bond acceptors (Lipinski definition) is 3. The van der Waals surface area contributed by atoms with Gasteiger partial charge in [-0.05, 0) is 54.8 Å². The Morgan fingerprint density at radius 3 is 2.79 bits per heavy atom. The average Bonchev–Trinajstić information content (AvgIpc) is 3.07. The van der Waals surface area contributed by atoms with Crippen LogP contribution in [-0.2, 0) is 11.2 Å². The van der Waals surface area contributed by atoms with Gasteiger partial charge in [0, 0.05) is 23.7 Å². The van der Waals surface area contributed by atoms with Gasteiger partial charge in [-0.25, -0.2) is 0 Å². The zero-order valence-corrected chi connectivity index (χ0v) is 15.3. The van der Waals surface area contributed by atoms with Gasteiger partial charge >= 0.3 is 0 Å². The summed E-state index contributed by atoms with van der Waals surface area (Å²) in [4.78, 5) is 15.7. The highest BCUT2D eigenvalue weighted by atomic mass is 32.1. The largest absolute Gasteiger partial charge is 0.371 e. The van der Waals surface area contributed by atoms with E-state index in [1.54, 1.807) is 11.3 Å². The minimum Gasteiger partial charge on any atom is -0.371 e. The van der Waals surface area contributed by atoms with Crippen LogP contribution >= 0.6 is 11.3 Å². The Kier molecular flexibility index (Phi) is 5.56. The van der Waals surface area contributed by atoms with Crippen molar-refractivity contribution in [1.29, 1.82) is 0 Å². The number of piperidine rings is 1. The highest BCUT2D eigenvalue weighted by Gasteiger charge is 2.17. The summed E-state index contributed by atoms with van der Waals surface area (Å²) < 4.78 is 0. The molecule has 4 heteroatoms. The molecule has 3 nitrogen and oxygen atoms in total. The lowest BCUT2D eigenvalue weighted by Crippen LogP contribution is -2.34. The van der Waals surface area contributed by atoms with E-state index in [4.69, 9.17) is 0 Å². The van der Waals surface area contributed by atoms with Gasteiger partial charge in [0.15, 0.2) is 0 Å². The Labute approximate surface area is 148 Å². The molecule has 2 atom stereocenters. The van der Waals surface area contributed by atoms with Crippen molar-refractivity contribution in [2.75, 3.05) is 18.0 Å². The molecule has 0 bridgehead atoms. The molecule has 0 aliphatic carbocycles. The number of nitrogens with zero attached hydrogens (tertiary/aromatic N) is 1. The quantitative estimate of drug-likeness (QED) is 0.873. The van der Waals surface area contributed by atoms with E-state index in [1.165, 1.54) is 18.5 Å². The van der Waals surface area contributed by atoms with Gasteiger partial charge in [-0.1, -0.05) is 25.1 Å². The summed E-state index contributed by atoms with van der Waals surface area (Å²) in [5, 5.41) is 5.10. The maximum Gasteiger partial charge on any atom is 0.225 e. The number of benzene rings is 1. The molecule has 2 heterocycles. The van der Waals surface area contributed by atoms with Crippen LogP contribution in [0.4, 0.5) is 5.69 Å². The first-order valence-electron chi connectivity index (χ1n) is 8.78. The molecule has 1 aliphatic heterocycles. The van der Waals surface area contributed by atoms with Crippen LogP contribution in [0.3, 0.4) is 0 Å². The van der Waals surface area contributed by atoms with Gasteiger partial charge < -0.3 is 10.2 Å². The molecule has 1 fully saturated rings. The van der Waals surface area contributed by atoms with Crippen molar-refractivity contribution in [2.45, 2.75) is 39.2 Å². The molecular formula is C20H26N2OS. The van der Waals surface area contributed by atoms with E-state index in [9.17, 15) is 4.79 Å². The lowest BCUT2D eigenvalue weighted by molar-refractivity contribution is -0.121. The van der Waals surface area contributed by atoms with Crippen LogP contribution in [-0.4, -0.2) is 19.0 Å². The second kappa shape index (κ2) is 7.84. The van der Waals surface area contributed by atoms with Crippen molar-refractivity contribution in [3.05, 3.63) is 52.2 Å². The predicted octanol–water partition coefficient (Wildman–Crippen LogP) is 4.40. The molecule has 1 aromatic carbocycles. The lowest BCUT2D eigenvalue weighted by atomic mass is 9.99. The molecule has 1 aromatic heterocycles. The lowest BCUT2D eigenvalue weighted by Gasteiger charge is -2.33. The Bertz CT molecular complexity index is 651. The molecule has 2 aromatic rings. The van der Waals surface area contributed by atoms with E-state index >= 15 is 0 Å². The Morgan fingerprint density at radius 1 is 1.33 bits per heavy atom. The average molecular weight is 343 g/mol. The first-order chi connectivity index (χ1) is 11.6. The number of carbonyl (C=O) groups excluding carboxylic acids is 1. The van der Waals surface area contributed by atoms with E-state index in [1.807, 2.05) is 24.4 Å². The first-order valence-corrected chi connectivity index (χ1v) is 9.66. The molecule has 128 valence electrons. The fourth-order valence-electron chi connectivity index (χ4n) is 3.34. The molecule has 0 spiro atoms. The van der Waals surface area contributed by atoms with Crippen molar-refractivity contribution in [3.63, 3.8) is 0 Å².